The number of aryl methyl sites for hydroxylation is 2. The summed E-state index contributed by atoms with van der Waals surface area (Å²) in [6, 6.07) is 5.54. The molecule has 0 saturated carbocycles. The van der Waals surface area contributed by atoms with Crippen molar-refractivity contribution in [2.75, 3.05) is 0 Å². The smallest absolute Gasteiger partial charge is 0.319 e. The Kier molecular flexibility index (Phi) is 2.07. The van der Waals surface area contributed by atoms with Gasteiger partial charge in [0.15, 0.2) is 0 Å². The van der Waals surface area contributed by atoms with Crippen molar-refractivity contribution >= 4 is 0 Å². The summed E-state index contributed by atoms with van der Waals surface area (Å²) in [6.45, 7) is 3.67. The van der Waals surface area contributed by atoms with E-state index in [4.69, 9.17) is 0 Å². The minimum absolute atomic E-state index is 0.558. The van der Waals surface area contributed by atoms with Gasteiger partial charge in [0.05, 0.1) is 5.69 Å². The molecule has 78 valence electrons. The molecule has 2 rings (SSSR count). The van der Waals surface area contributed by atoms with Crippen LogP contribution in [0.2, 0.25) is 0 Å². The average molecular weight is 206 g/mol. The molecule has 5 nitrogen and oxygen atoms in total. The van der Waals surface area contributed by atoms with E-state index in [0.29, 0.717) is 5.69 Å². The average Bonchev–Trinajstić information content (AvgIpc) is 2.49. The van der Waals surface area contributed by atoms with Gasteiger partial charge in [-0.25, -0.2) is 9.59 Å². The van der Waals surface area contributed by atoms with Crippen LogP contribution < -0.4 is 11.4 Å². The van der Waals surface area contributed by atoms with E-state index in [1.54, 1.807) is 0 Å². The fourth-order valence-electron chi connectivity index (χ4n) is 1.61. The molecule has 0 atom stereocenters. The van der Waals surface area contributed by atoms with Gasteiger partial charge in [-0.2, -0.15) is 9.72 Å². The zero-order valence-electron chi connectivity index (χ0n) is 8.40. The molecular formula is C10H10N2O3. The van der Waals surface area contributed by atoms with Crippen LogP contribution in [0.5, 0.6) is 0 Å². The number of benzene rings is 1. The summed E-state index contributed by atoms with van der Waals surface area (Å²) in [4.78, 5) is 22.7. The van der Waals surface area contributed by atoms with Gasteiger partial charge >= 0.3 is 11.4 Å². The van der Waals surface area contributed by atoms with Gasteiger partial charge in [-0.1, -0.05) is 18.2 Å². The molecule has 2 aromatic rings. The summed E-state index contributed by atoms with van der Waals surface area (Å²) < 4.78 is 5.42. The topological polar surface area (TPSA) is 68.0 Å². The molecular weight excluding hydrogens is 196 g/mol. The van der Waals surface area contributed by atoms with E-state index in [-0.39, 0.29) is 0 Å². The lowest BCUT2D eigenvalue weighted by Gasteiger charge is -2.06. The molecule has 15 heavy (non-hydrogen) atoms. The van der Waals surface area contributed by atoms with Crippen molar-refractivity contribution in [1.82, 2.24) is 9.72 Å². The van der Waals surface area contributed by atoms with Crippen molar-refractivity contribution in [3.05, 3.63) is 50.4 Å². The van der Waals surface area contributed by atoms with Gasteiger partial charge in [0, 0.05) is 0 Å². The maximum atomic E-state index is 11.4. The van der Waals surface area contributed by atoms with E-state index in [2.05, 4.69) is 4.52 Å². The zero-order valence-corrected chi connectivity index (χ0v) is 8.40. The Balaban J connectivity index is 2.86. The summed E-state index contributed by atoms with van der Waals surface area (Å²) >= 11 is 0. The lowest BCUT2D eigenvalue weighted by atomic mass is 10.1. The molecule has 0 radical (unpaired) electrons. The number of rotatable bonds is 1. The highest BCUT2D eigenvalue weighted by atomic mass is 16.5. The molecule has 0 spiro atoms. The number of H-pyrrole nitrogens is 1. The van der Waals surface area contributed by atoms with Gasteiger partial charge in [0.25, 0.3) is 0 Å². The first-order valence-corrected chi connectivity index (χ1v) is 4.48. The standard InChI is InChI=1S/C10H10N2O3/c1-6-4-3-5-7(2)8(6)12-9(13)11-15-10(12)14/h3-5H,1-2H3,(H,11,13). The Bertz CT molecular complexity index is 556. The maximum absolute atomic E-state index is 11.4. The number of nitrogens with one attached hydrogen (secondary N) is 1. The van der Waals surface area contributed by atoms with Crippen LogP contribution in [0.25, 0.3) is 5.69 Å². The zero-order chi connectivity index (χ0) is 11.0. The number of nitrogens with zero attached hydrogens (tertiary/aromatic N) is 1. The van der Waals surface area contributed by atoms with E-state index < -0.39 is 11.4 Å². The van der Waals surface area contributed by atoms with Crippen LogP contribution in [0.3, 0.4) is 0 Å². The molecule has 1 N–H and O–H groups in total. The van der Waals surface area contributed by atoms with E-state index >= 15 is 0 Å². The van der Waals surface area contributed by atoms with Crippen LogP contribution >= 0.6 is 0 Å². The highest BCUT2D eigenvalue weighted by Gasteiger charge is 2.12. The van der Waals surface area contributed by atoms with Crippen LogP contribution in [0.15, 0.2) is 32.3 Å². The molecule has 1 heterocycles. The second kappa shape index (κ2) is 3.27. The molecule has 1 aromatic carbocycles. The van der Waals surface area contributed by atoms with Gasteiger partial charge in [0.1, 0.15) is 0 Å². The molecule has 0 unspecified atom stereocenters. The van der Waals surface area contributed by atoms with Gasteiger partial charge < -0.3 is 4.52 Å². The van der Waals surface area contributed by atoms with E-state index in [1.807, 2.05) is 37.2 Å². The predicted octanol–water partition coefficient (Wildman–Crippen LogP) is 0.736. The lowest BCUT2D eigenvalue weighted by molar-refractivity contribution is 0.379. The molecule has 0 amide bonds. The molecule has 0 aliphatic rings. The first-order chi connectivity index (χ1) is 7.11. The van der Waals surface area contributed by atoms with E-state index in [0.717, 1.165) is 15.7 Å². The largest absolute Gasteiger partial charge is 0.447 e. The first-order valence-electron chi connectivity index (χ1n) is 4.48. The van der Waals surface area contributed by atoms with Crippen molar-refractivity contribution < 1.29 is 4.52 Å². The Morgan fingerprint density at radius 3 is 2.27 bits per heavy atom. The van der Waals surface area contributed by atoms with Crippen LogP contribution in [0, 0.1) is 13.8 Å². The van der Waals surface area contributed by atoms with Crippen LogP contribution in [0.1, 0.15) is 11.1 Å². The van der Waals surface area contributed by atoms with Crippen molar-refractivity contribution in [1.29, 1.82) is 0 Å². The Labute approximate surface area is 84.9 Å². The quantitative estimate of drug-likeness (QED) is 0.748. The van der Waals surface area contributed by atoms with Crippen molar-refractivity contribution in [2.24, 2.45) is 0 Å². The number of aromatic amines is 1. The molecule has 5 heteroatoms. The van der Waals surface area contributed by atoms with Crippen molar-refractivity contribution in [3.8, 4) is 5.69 Å². The van der Waals surface area contributed by atoms with E-state index in [9.17, 15) is 9.59 Å². The van der Waals surface area contributed by atoms with Crippen LogP contribution in [-0.4, -0.2) is 9.72 Å². The molecule has 0 aliphatic carbocycles. The summed E-state index contributed by atoms with van der Waals surface area (Å²) in [7, 11) is 0. The first kappa shape index (κ1) is 9.51. The molecule has 0 saturated heterocycles. The predicted molar refractivity (Wildman–Crippen MR) is 54.4 cm³/mol. The Morgan fingerprint density at radius 1 is 1.20 bits per heavy atom. The highest BCUT2D eigenvalue weighted by molar-refractivity contribution is 5.46. The van der Waals surface area contributed by atoms with Crippen molar-refractivity contribution in [2.45, 2.75) is 13.8 Å². The van der Waals surface area contributed by atoms with Gasteiger partial charge in [-0.3, -0.25) is 0 Å². The summed E-state index contributed by atoms with van der Waals surface area (Å²) in [5.41, 5.74) is 1.72. The summed E-state index contributed by atoms with van der Waals surface area (Å²) in [5, 5.41) is 2.01. The summed E-state index contributed by atoms with van der Waals surface area (Å²) in [6.07, 6.45) is 0. The van der Waals surface area contributed by atoms with E-state index in [1.165, 1.54) is 0 Å². The molecule has 0 fully saturated rings. The van der Waals surface area contributed by atoms with Gasteiger partial charge in [0.2, 0.25) is 0 Å². The molecule has 0 aliphatic heterocycles. The summed E-state index contributed by atoms with van der Waals surface area (Å²) in [5.74, 6) is -0.697. The Morgan fingerprint density at radius 2 is 1.80 bits per heavy atom. The number of para-hydroxylation sites is 1. The third-order valence-electron chi connectivity index (χ3n) is 2.27. The SMILES string of the molecule is Cc1cccc(C)c1-n1c(=O)[nH]oc1=O. The minimum atomic E-state index is -0.697. The van der Waals surface area contributed by atoms with Gasteiger partial charge in [-0.05, 0) is 25.0 Å². The highest BCUT2D eigenvalue weighted by Crippen LogP contribution is 2.14. The fraction of sp³-hybridized carbons (Fsp3) is 0.200. The normalized spacial score (nSPS) is 10.5. The number of hydrogen-bond donors (Lipinski definition) is 1. The monoisotopic (exact) mass is 206 g/mol. The van der Waals surface area contributed by atoms with Crippen LogP contribution in [-0.2, 0) is 0 Å². The minimum Gasteiger partial charge on any atom is -0.319 e. The number of hydrogen-bond acceptors (Lipinski definition) is 3. The van der Waals surface area contributed by atoms with Gasteiger partial charge in [-0.15, -0.1) is 0 Å². The third kappa shape index (κ3) is 1.41. The maximum Gasteiger partial charge on any atom is 0.447 e. The Hall–Kier alpha value is -2.04. The third-order valence-corrected chi connectivity index (χ3v) is 2.27. The lowest BCUT2D eigenvalue weighted by Crippen LogP contribution is -2.25. The van der Waals surface area contributed by atoms with Crippen molar-refractivity contribution in [3.63, 3.8) is 0 Å². The second-order valence-electron chi connectivity index (χ2n) is 3.35. The molecule has 1 aromatic heterocycles. The van der Waals surface area contributed by atoms with Crippen LogP contribution in [0.4, 0.5) is 0 Å². The fourth-order valence-corrected chi connectivity index (χ4v) is 1.61. The second-order valence-corrected chi connectivity index (χ2v) is 3.35. The number of aromatic nitrogens is 2. The molecule has 0 bridgehead atoms.